The average Bonchev–Trinajstić information content (AvgIpc) is 2.70. The molecule has 0 amide bonds. The number of hydrogen-bond donors (Lipinski definition) is 0. The quantitative estimate of drug-likeness (QED) is 0.569. The third kappa shape index (κ3) is 0.522. The molecule has 0 bridgehead atoms. The van der Waals surface area contributed by atoms with Crippen molar-refractivity contribution in [2.24, 2.45) is 28.6 Å². The number of rotatable bonds is 2. The molecule has 64 valence electrons. The highest BCUT2D eigenvalue weighted by molar-refractivity contribution is 5.36. The average molecular weight is 152 g/mol. The topological polar surface area (TPSA) is 0 Å². The lowest BCUT2D eigenvalue weighted by Gasteiger charge is -2.29. The van der Waals surface area contributed by atoms with Gasteiger partial charge in [0.05, 0.1) is 0 Å². The first kappa shape index (κ1) is 7.64. The molecule has 0 N–H and O–H groups in total. The molecule has 0 spiro atoms. The van der Waals surface area contributed by atoms with Crippen molar-refractivity contribution < 1.29 is 0 Å². The van der Waals surface area contributed by atoms with E-state index in [2.05, 4.69) is 34.6 Å². The molecule has 0 radical (unpaired) electrons. The molecular weight excluding hydrogens is 132 g/mol. The van der Waals surface area contributed by atoms with Crippen LogP contribution in [0.15, 0.2) is 0 Å². The summed E-state index contributed by atoms with van der Waals surface area (Å²) in [5, 5.41) is 0. The third-order valence-corrected chi connectivity index (χ3v) is 5.07. The van der Waals surface area contributed by atoms with E-state index in [4.69, 9.17) is 0 Å². The van der Waals surface area contributed by atoms with Crippen LogP contribution in [0.3, 0.4) is 0 Å². The van der Waals surface area contributed by atoms with E-state index in [1.165, 1.54) is 6.42 Å². The molecule has 0 aromatic rings. The summed E-state index contributed by atoms with van der Waals surface area (Å²) in [6.07, 6.45) is 1.41. The van der Waals surface area contributed by atoms with Gasteiger partial charge < -0.3 is 0 Å². The molecule has 0 nitrogen and oxygen atoms in total. The molecule has 2 fully saturated rings. The van der Waals surface area contributed by atoms with Crippen LogP contribution in [0.5, 0.6) is 0 Å². The Morgan fingerprint density at radius 3 is 2.00 bits per heavy atom. The summed E-state index contributed by atoms with van der Waals surface area (Å²) in [5.74, 6) is 3.05. The molecule has 2 saturated carbocycles. The smallest absolute Gasteiger partial charge is 0.0199 e. The molecule has 4 unspecified atom stereocenters. The fourth-order valence-electron chi connectivity index (χ4n) is 3.86. The SMILES string of the molecule is CCC1C2C(C)(C(C)C)C12C. The van der Waals surface area contributed by atoms with Gasteiger partial charge in [0.2, 0.25) is 0 Å². The van der Waals surface area contributed by atoms with E-state index < -0.39 is 0 Å². The van der Waals surface area contributed by atoms with Gasteiger partial charge in [-0.15, -0.1) is 0 Å². The molecule has 2 aliphatic carbocycles. The molecule has 11 heavy (non-hydrogen) atoms. The van der Waals surface area contributed by atoms with E-state index in [0.29, 0.717) is 5.41 Å². The van der Waals surface area contributed by atoms with Crippen molar-refractivity contribution in [3.05, 3.63) is 0 Å². The molecule has 0 aliphatic heterocycles. The van der Waals surface area contributed by atoms with Gasteiger partial charge in [-0.25, -0.2) is 0 Å². The van der Waals surface area contributed by atoms with Crippen LogP contribution in [0.4, 0.5) is 0 Å². The summed E-state index contributed by atoms with van der Waals surface area (Å²) in [5.41, 5.74) is 1.48. The van der Waals surface area contributed by atoms with Crippen LogP contribution in [0.1, 0.15) is 41.0 Å². The van der Waals surface area contributed by atoms with Crippen molar-refractivity contribution in [3.8, 4) is 0 Å². The Bertz CT molecular complexity index is 194. The zero-order chi connectivity index (χ0) is 8.44. The Labute approximate surface area is 70.4 Å². The monoisotopic (exact) mass is 152 g/mol. The maximum atomic E-state index is 2.49. The van der Waals surface area contributed by atoms with Crippen molar-refractivity contribution in [2.75, 3.05) is 0 Å². The van der Waals surface area contributed by atoms with Crippen LogP contribution < -0.4 is 0 Å². The summed E-state index contributed by atoms with van der Waals surface area (Å²) < 4.78 is 0. The highest BCUT2D eigenvalue weighted by atomic mass is 14.9. The second-order valence-corrected chi connectivity index (χ2v) is 5.21. The summed E-state index contributed by atoms with van der Waals surface area (Å²) in [6, 6.07) is 0. The molecule has 0 saturated heterocycles. The van der Waals surface area contributed by atoms with E-state index in [9.17, 15) is 0 Å². The van der Waals surface area contributed by atoms with Crippen LogP contribution in [-0.4, -0.2) is 0 Å². The number of hydrogen-bond acceptors (Lipinski definition) is 0. The molecule has 4 atom stereocenters. The van der Waals surface area contributed by atoms with Crippen LogP contribution in [0, 0.1) is 28.6 Å². The maximum Gasteiger partial charge on any atom is -0.0199 e. The normalized spacial score (nSPS) is 59.5. The van der Waals surface area contributed by atoms with Gasteiger partial charge in [0.25, 0.3) is 0 Å². The Kier molecular flexibility index (Phi) is 1.16. The summed E-state index contributed by atoms with van der Waals surface area (Å²) in [6.45, 7) is 12.1. The highest BCUT2D eigenvalue weighted by Gasteiger charge is 2.89. The molecule has 0 aromatic carbocycles. The minimum absolute atomic E-state index is 0.716. The van der Waals surface area contributed by atoms with E-state index in [-0.39, 0.29) is 0 Å². The predicted octanol–water partition coefficient (Wildman–Crippen LogP) is 3.32. The minimum atomic E-state index is 0.716. The first-order chi connectivity index (χ1) is 5.01. The van der Waals surface area contributed by atoms with Crippen LogP contribution in [-0.2, 0) is 0 Å². The van der Waals surface area contributed by atoms with Crippen LogP contribution in [0.25, 0.3) is 0 Å². The van der Waals surface area contributed by atoms with Gasteiger partial charge in [0, 0.05) is 0 Å². The molecular formula is C11H20. The Hall–Kier alpha value is 0. The first-order valence-corrected chi connectivity index (χ1v) is 5.01. The zero-order valence-electron chi connectivity index (χ0n) is 8.44. The van der Waals surface area contributed by atoms with Crippen molar-refractivity contribution in [3.63, 3.8) is 0 Å². The molecule has 2 rings (SSSR count). The van der Waals surface area contributed by atoms with Crippen molar-refractivity contribution >= 4 is 0 Å². The standard InChI is InChI=1S/C11H20/c1-6-8-9-10(4,7(2)3)11(8,9)5/h7-9H,6H2,1-5H3. The van der Waals surface area contributed by atoms with Crippen molar-refractivity contribution in [1.82, 2.24) is 0 Å². The van der Waals surface area contributed by atoms with E-state index in [1.807, 2.05) is 0 Å². The Balaban J connectivity index is 2.09. The first-order valence-electron chi connectivity index (χ1n) is 5.01. The highest BCUT2D eigenvalue weighted by Crippen LogP contribution is 2.93. The molecule has 0 aromatic heterocycles. The summed E-state index contributed by atoms with van der Waals surface area (Å²) in [4.78, 5) is 0. The van der Waals surface area contributed by atoms with Gasteiger partial charge in [-0.1, -0.05) is 41.0 Å². The van der Waals surface area contributed by atoms with Gasteiger partial charge in [0.1, 0.15) is 0 Å². The fraction of sp³-hybridized carbons (Fsp3) is 1.00. The second-order valence-electron chi connectivity index (χ2n) is 5.21. The van der Waals surface area contributed by atoms with E-state index in [1.54, 1.807) is 0 Å². The van der Waals surface area contributed by atoms with Crippen molar-refractivity contribution in [1.29, 1.82) is 0 Å². The third-order valence-electron chi connectivity index (χ3n) is 5.07. The largest absolute Gasteiger partial charge is 0.0651 e. The summed E-state index contributed by atoms with van der Waals surface area (Å²) >= 11 is 0. The number of fused-ring (bicyclic) bond motifs is 1. The van der Waals surface area contributed by atoms with Gasteiger partial charge >= 0.3 is 0 Å². The van der Waals surface area contributed by atoms with Crippen molar-refractivity contribution in [2.45, 2.75) is 41.0 Å². The van der Waals surface area contributed by atoms with Gasteiger partial charge in [0.15, 0.2) is 0 Å². The zero-order valence-corrected chi connectivity index (χ0v) is 8.44. The van der Waals surface area contributed by atoms with Crippen LogP contribution >= 0.6 is 0 Å². The van der Waals surface area contributed by atoms with Gasteiger partial charge in [-0.2, -0.15) is 0 Å². The minimum Gasteiger partial charge on any atom is -0.0651 e. The van der Waals surface area contributed by atoms with Gasteiger partial charge in [-0.3, -0.25) is 0 Å². The van der Waals surface area contributed by atoms with Crippen LogP contribution in [0.2, 0.25) is 0 Å². The Morgan fingerprint density at radius 2 is 1.73 bits per heavy atom. The lowest BCUT2D eigenvalue weighted by molar-refractivity contribution is 0.186. The summed E-state index contributed by atoms with van der Waals surface area (Å²) in [7, 11) is 0. The Morgan fingerprint density at radius 1 is 1.27 bits per heavy atom. The fourth-order valence-corrected chi connectivity index (χ4v) is 3.86. The molecule has 2 aliphatic rings. The lowest BCUT2D eigenvalue weighted by atomic mass is 9.75. The molecule has 0 heteroatoms. The van der Waals surface area contributed by atoms with Gasteiger partial charge in [-0.05, 0) is 28.6 Å². The molecule has 0 heterocycles. The maximum absolute atomic E-state index is 2.49. The predicted molar refractivity (Wildman–Crippen MR) is 48.3 cm³/mol. The van der Waals surface area contributed by atoms with E-state index in [0.717, 1.165) is 23.2 Å². The second kappa shape index (κ2) is 1.67. The van der Waals surface area contributed by atoms with E-state index >= 15 is 0 Å². The lowest BCUT2D eigenvalue weighted by Crippen LogP contribution is -2.23.